The first-order valence-electron chi connectivity index (χ1n) is 5.50. The zero-order valence-corrected chi connectivity index (χ0v) is 11.7. The summed E-state index contributed by atoms with van der Waals surface area (Å²) < 4.78 is 39.0. The Balaban J connectivity index is 2.37. The summed E-state index contributed by atoms with van der Waals surface area (Å²) in [6.45, 7) is -0.0623. The van der Waals surface area contributed by atoms with Crippen molar-refractivity contribution in [2.45, 2.75) is 12.7 Å². The van der Waals surface area contributed by atoms with Gasteiger partial charge in [-0.2, -0.15) is 18.3 Å². The maximum absolute atomic E-state index is 12.7. The average molecular weight is 339 g/mol. The molecule has 1 aromatic heterocycles. The van der Waals surface area contributed by atoms with E-state index in [-0.39, 0.29) is 11.6 Å². The first-order valence-corrected chi connectivity index (χ1v) is 6.26. The molecular weight excluding hydrogens is 332 g/mol. The molecule has 21 heavy (non-hydrogen) atoms. The first kappa shape index (κ1) is 15.7. The molecule has 0 unspecified atom stereocenters. The number of hydrogen-bond donors (Lipinski definition) is 1. The summed E-state index contributed by atoms with van der Waals surface area (Å²) in [5.74, 6) is -1.69. The quantitative estimate of drug-likeness (QED) is 0.921. The Morgan fingerprint density at radius 2 is 1.95 bits per heavy atom. The number of aromatic nitrogens is 2. The molecule has 0 radical (unpaired) electrons. The minimum absolute atomic E-state index is 0.0623. The lowest BCUT2D eigenvalue weighted by molar-refractivity contribution is -0.142. The molecule has 0 aliphatic carbocycles. The second-order valence-corrected chi connectivity index (χ2v) is 4.95. The molecular formula is C12H7Cl2F3N2O2. The van der Waals surface area contributed by atoms with E-state index in [0.29, 0.717) is 10.6 Å². The van der Waals surface area contributed by atoms with E-state index in [1.165, 1.54) is 12.1 Å². The Labute approximate surface area is 126 Å². The SMILES string of the molecule is O=C(O)c1cn(Cc2ccc(Cl)c(Cl)c2)nc1C(F)(F)F. The van der Waals surface area contributed by atoms with E-state index in [1.54, 1.807) is 6.07 Å². The van der Waals surface area contributed by atoms with Crippen LogP contribution in [0.2, 0.25) is 10.0 Å². The molecule has 0 bridgehead atoms. The number of hydrogen-bond acceptors (Lipinski definition) is 2. The first-order chi connectivity index (χ1) is 9.68. The minimum atomic E-state index is -4.84. The molecule has 0 saturated carbocycles. The predicted molar refractivity (Wildman–Crippen MR) is 69.8 cm³/mol. The van der Waals surface area contributed by atoms with Crippen LogP contribution in [0, 0.1) is 0 Å². The molecule has 0 fully saturated rings. The van der Waals surface area contributed by atoms with E-state index >= 15 is 0 Å². The van der Waals surface area contributed by atoms with Crippen molar-refractivity contribution in [3.63, 3.8) is 0 Å². The van der Waals surface area contributed by atoms with Gasteiger partial charge in [0.25, 0.3) is 0 Å². The van der Waals surface area contributed by atoms with Gasteiger partial charge in [-0.3, -0.25) is 4.68 Å². The number of carbonyl (C=O) groups is 1. The Bertz CT molecular complexity index is 698. The fraction of sp³-hybridized carbons (Fsp3) is 0.167. The lowest BCUT2D eigenvalue weighted by Crippen LogP contribution is -2.12. The van der Waals surface area contributed by atoms with Gasteiger partial charge in [-0.1, -0.05) is 29.3 Å². The van der Waals surface area contributed by atoms with Gasteiger partial charge < -0.3 is 5.11 Å². The third kappa shape index (κ3) is 3.48. The Kier molecular flexibility index (Phi) is 4.15. The van der Waals surface area contributed by atoms with E-state index in [0.717, 1.165) is 10.9 Å². The highest BCUT2D eigenvalue weighted by Crippen LogP contribution is 2.31. The van der Waals surface area contributed by atoms with Gasteiger partial charge in [-0.15, -0.1) is 0 Å². The summed E-state index contributed by atoms with van der Waals surface area (Å²) >= 11 is 11.5. The van der Waals surface area contributed by atoms with Crippen molar-refractivity contribution in [2.24, 2.45) is 0 Å². The monoisotopic (exact) mass is 338 g/mol. The number of carboxylic acid groups (broad SMARTS) is 1. The number of alkyl halides is 3. The van der Waals surface area contributed by atoms with Crippen LogP contribution in [-0.4, -0.2) is 20.9 Å². The smallest absolute Gasteiger partial charge is 0.436 e. The van der Waals surface area contributed by atoms with Crippen molar-refractivity contribution in [3.8, 4) is 0 Å². The van der Waals surface area contributed by atoms with Crippen LogP contribution in [0.25, 0.3) is 0 Å². The molecule has 0 spiro atoms. The van der Waals surface area contributed by atoms with Crippen LogP contribution in [0.4, 0.5) is 13.2 Å². The molecule has 0 saturated heterocycles. The van der Waals surface area contributed by atoms with Crippen LogP contribution in [0.1, 0.15) is 21.6 Å². The highest BCUT2D eigenvalue weighted by atomic mass is 35.5. The fourth-order valence-corrected chi connectivity index (χ4v) is 2.01. The van der Waals surface area contributed by atoms with Crippen LogP contribution in [-0.2, 0) is 12.7 Å². The maximum atomic E-state index is 12.7. The van der Waals surface area contributed by atoms with Crippen molar-refractivity contribution in [3.05, 3.63) is 51.3 Å². The van der Waals surface area contributed by atoms with Gasteiger partial charge in [-0.25, -0.2) is 4.79 Å². The number of aromatic carboxylic acids is 1. The van der Waals surface area contributed by atoms with Crippen LogP contribution < -0.4 is 0 Å². The van der Waals surface area contributed by atoms with E-state index in [4.69, 9.17) is 28.3 Å². The molecule has 9 heteroatoms. The van der Waals surface area contributed by atoms with Crippen molar-refractivity contribution < 1.29 is 23.1 Å². The van der Waals surface area contributed by atoms with Crippen molar-refractivity contribution >= 4 is 29.2 Å². The van der Waals surface area contributed by atoms with Crippen molar-refractivity contribution in [1.82, 2.24) is 9.78 Å². The number of nitrogens with zero attached hydrogens (tertiary/aromatic N) is 2. The Morgan fingerprint density at radius 1 is 1.29 bits per heavy atom. The highest BCUT2D eigenvalue weighted by Gasteiger charge is 2.39. The van der Waals surface area contributed by atoms with Gasteiger partial charge in [0, 0.05) is 6.20 Å². The maximum Gasteiger partial charge on any atom is 0.436 e. The summed E-state index contributed by atoms with van der Waals surface area (Å²) in [7, 11) is 0. The molecule has 0 atom stereocenters. The van der Waals surface area contributed by atoms with Crippen molar-refractivity contribution in [1.29, 1.82) is 0 Å². The largest absolute Gasteiger partial charge is 0.478 e. The van der Waals surface area contributed by atoms with E-state index in [2.05, 4.69) is 5.10 Å². The Hall–Kier alpha value is -1.73. The third-order valence-electron chi connectivity index (χ3n) is 2.59. The second-order valence-electron chi connectivity index (χ2n) is 4.14. The van der Waals surface area contributed by atoms with E-state index in [1.807, 2.05) is 0 Å². The van der Waals surface area contributed by atoms with Crippen LogP contribution in [0.5, 0.6) is 0 Å². The van der Waals surface area contributed by atoms with Gasteiger partial charge in [-0.05, 0) is 17.7 Å². The fourth-order valence-electron chi connectivity index (χ4n) is 1.69. The third-order valence-corrected chi connectivity index (χ3v) is 3.33. The lowest BCUT2D eigenvalue weighted by Gasteiger charge is -2.04. The second kappa shape index (κ2) is 5.57. The summed E-state index contributed by atoms with van der Waals surface area (Å²) in [4.78, 5) is 10.8. The predicted octanol–water partition coefficient (Wildman–Crippen LogP) is 3.96. The van der Waals surface area contributed by atoms with E-state index in [9.17, 15) is 18.0 Å². The molecule has 0 amide bonds. The van der Waals surface area contributed by atoms with E-state index < -0.39 is 23.4 Å². The number of halogens is 5. The molecule has 1 heterocycles. The summed E-state index contributed by atoms with van der Waals surface area (Å²) in [6, 6.07) is 4.52. The molecule has 2 rings (SSSR count). The number of benzene rings is 1. The molecule has 4 nitrogen and oxygen atoms in total. The minimum Gasteiger partial charge on any atom is -0.478 e. The number of rotatable bonds is 3. The summed E-state index contributed by atoms with van der Waals surface area (Å²) in [5, 5.41) is 12.6. The van der Waals surface area contributed by atoms with Crippen LogP contribution >= 0.6 is 23.2 Å². The molecule has 0 aliphatic heterocycles. The van der Waals surface area contributed by atoms with Crippen LogP contribution in [0.15, 0.2) is 24.4 Å². The molecule has 1 N–H and O–H groups in total. The Morgan fingerprint density at radius 3 is 2.43 bits per heavy atom. The summed E-state index contributed by atoms with van der Waals surface area (Å²) in [6.07, 6.45) is -4.01. The summed E-state index contributed by atoms with van der Waals surface area (Å²) in [5.41, 5.74) is -1.80. The van der Waals surface area contributed by atoms with Gasteiger partial charge >= 0.3 is 12.1 Å². The molecule has 0 aliphatic rings. The van der Waals surface area contributed by atoms with Crippen molar-refractivity contribution in [2.75, 3.05) is 0 Å². The topological polar surface area (TPSA) is 55.1 Å². The van der Waals surface area contributed by atoms with Gasteiger partial charge in [0.05, 0.1) is 16.6 Å². The highest BCUT2D eigenvalue weighted by molar-refractivity contribution is 6.42. The standard InChI is InChI=1S/C12H7Cl2F3N2O2/c13-8-2-1-6(3-9(8)14)4-19-5-7(11(20)21)10(18-19)12(15,16)17/h1-3,5H,4H2,(H,20,21). The molecule has 112 valence electrons. The van der Waals surface area contributed by atoms with Gasteiger partial charge in [0.15, 0.2) is 5.69 Å². The zero-order valence-electron chi connectivity index (χ0n) is 10.2. The normalized spacial score (nSPS) is 11.7. The van der Waals surface area contributed by atoms with Gasteiger partial charge in [0.2, 0.25) is 0 Å². The average Bonchev–Trinajstić information content (AvgIpc) is 2.78. The molecule has 1 aromatic carbocycles. The lowest BCUT2D eigenvalue weighted by atomic mass is 10.2. The number of carboxylic acids is 1. The molecule has 2 aromatic rings. The zero-order chi connectivity index (χ0) is 15.8. The van der Waals surface area contributed by atoms with Gasteiger partial charge in [0.1, 0.15) is 5.56 Å². The van der Waals surface area contributed by atoms with Crippen LogP contribution in [0.3, 0.4) is 0 Å².